The smallest absolute Gasteiger partial charge is 0.242 e. The highest BCUT2D eigenvalue weighted by atomic mass is 16.5. The number of hydrogen-bond acceptors (Lipinski definition) is 6. The maximum atomic E-state index is 12.8. The third kappa shape index (κ3) is 4.57. The van der Waals surface area contributed by atoms with Gasteiger partial charge in [0.25, 0.3) is 0 Å². The number of benzene rings is 1. The fourth-order valence-corrected chi connectivity index (χ4v) is 3.17. The molecule has 0 atom stereocenters. The van der Waals surface area contributed by atoms with E-state index in [1.165, 1.54) is 11.8 Å². The third-order valence-corrected chi connectivity index (χ3v) is 4.60. The normalized spacial score (nSPS) is 13.9. The van der Waals surface area contributed by atoms with Crippen LogP contribution in [0.15, 0.2) is 42.7 Å². The number of para-hydroxylation sites is 2. The van der Waals surface area contributed by atoms with Gasteiger partial charge in [0, 0.05) is 45.5 Å². The maximum absolute atomic E-state index is 12.8. The lowest BCUT2D eigenvalue weighted by molar-refractivity contribution is -0.131. The minimum Gasteiger partial charge on any atom is -0.492 e. The Hall–Kier alpha value is -3.16. The first-order valence-electron chi connectivity index (χ1n) is 9.39. The minimum atomic E-state index is -0.197. The van der Waals surface area contributed by atoms with E-state index in [4.69, 9.17) is 4.74 Å². The van der Waals surface area contributed by atoms with Crippen molar-refractivity contribution in [2.45, 2.75) is 13.8 Å². The first-order valence-corrected chi connectivity index (χ1v) is 9.39. The Bertz CT molecular complexity index is 806. The van der Waals surface area contributed by atoms with E-state index in [0.717, 1.165) is 0 Å². The first-order chi connectivity index (χ1) is 13.6. The van der Waals surface area contributed by atoms with E-state index >= 15 is 0 Å². The van der Waals surface area contributed by atoms with Gasteiger partial charge in [-0.2, -0.15) is 0 Å². The lowest BCUT2D eigenvalue weighted by Gasteiger charge is -2.35. The largest absolute Gasteiger partial charge is 0.492 e. The zero-order valence-electron chi connectivity index (χ0n) is 16.2. The molecule has 0 spiro atoms. The van der Waals surface area contributed by atoms with Gasteiger partial charge in [-0.3, -0.25) is 14.5 Å². The van der Waals surface area contributed by atoms with E-state index < -0.39 is 0 Å². The highest BCUT2D eigenvalue weighted by molar-refractivity contribution is 5.98. The van der Waals surface area contributed by atoms with Gasteiger partial charge in [-0.15, -0.1) is 0 Å². The van der Waals surface area contributed by atoms with Crippen LogP contribution in [-0.2, 0) is 9.59 Å². The van der Waals surface area contributed by atoms with Crippen LogP contribution < -0.4 is 14.5 Å². The molecule has 1 aliphatic rings. The summed E-state index contributed by atoms with van der Waals surface area (Å²) in [5.41, 5.74) is 0.613. The summed E-state index contributed by atoms with van der Waals surface area (Å²) in [6.07, 6.45) is 3.42. The second kappa shape index (κ2) is 9.16. The molecule has 2 aromatic rings. The van der Waals surface area contributed by atoms with E-state index in [-0.39, 0.29) is 18.4 Å². The quantitative estimate of drug-likeness (QED) is 0.754. The molecule has 0 N–H and O–H groups in total. The number of nitrogens with zero attached hydrogens (tertiary/aromatic N) is 5. The van der Waals surface area contributed by atoms with E-state index in [1.54, 1.807) is 35.5 Å². The summed E-state index contributed by atoms with van der Waals surface area (Å²) in [7, 11) is 0. The van der Waals surface area contributed by atoms with Crippen molar-refractivity contribution in [1.82, 2.24) is 14.9 Å². The van der Waals surface area contributed by atoms with Crippen molar-refractivity contribution in [2.75, 3.05) is 49.1 Å². The van der Waals surface area contributed by atoms with Gasteiger partial charge in [0.05, 0.1) is 12.3 Å². The highest BCUT2D eigenvalue weighted by Gasteiger charge is 2.26. The molecular formula is C20H25N5O3. The number of ether oxygens (including phenoxy) is 1. The molecule has 0 bridgehead atoms. The van der Waals surface area contributed by atoms with Crippen molar-refractivity contribution in [2.24, 2.45) is 0 Å². The van der Waals surface area contributed by atoms with Gasteiger partial charge < -0.3 is 14.5 Å². The lowest BCUT2D eigenvalue weighted by Crippen LogP contribution is -2.52. The van der Waals surface area contributed by atoms with Gasteiger partial charge in [0.15, 0.2) is 0 Å². The molecule has 0 aliphatic carbocycles. The average Bonchev–Trinajstić information content (AvgIpc) is 2.73. The Morgan fingerprint density at radius 2 is 1.75 bits per heavy atom. The molecule has 1 saturated heterocycles. The summed E-state index contributed by atoms with van der Waals surface area (Å²) in [6, 6.07) is 9.05. The molecule has 2 amide bonds. The number of hydrogen-bond donors (Lipinski definition) is 0. The molecule has 8 heteroatoms. The summed E-state index contributed by atoms with van der Waals surface area (Å²) < 4.78 is 5.62. The Balaban J connectivity index is 1.65. The molecular weight excluding hydrogens is 358 g/mol. The molecule has 3 rings (SSSR count). The van der Waals surface area contributed by atoms with E-state index in [1.807, 2.05) is 19.1 Å². The van der Waals surface area contributed by atoms with Gasteiger partial charge in [0.1, 0.15) is 12.3 Å². The van der Waals surface area contributed by atoms with E-state index in [0.29, 0.717) is 50.2 Å². The monoisotopic (exact) mass is 383 g/mol. The van der Waals surface area contributed by atoms with Crippen molar-refractivity contribution in [3.05, 3.63) is 42.7 Å². The molecule has 0 saturated carbocycles. The zero-order valence-corrected chi connectivity index (χ0v) is 16.2. The van der Waals surface area contributed by atoms with Crippen molar-refractivity contribution in [3.8, 4) is 5.75 Å². The molecule has 1 aromatic heterocycles. The van der Waals surface area contributed by atoms with Gasteiger partial charge in [-0.05, 0) is 25.1 Å². The van der Waals surface area contributed by atoms with Gasteiger partial charge in [-0.25, -0.2) is 9.97 Å². The van der Waals surface area contributed by atoms with Crippen LogP contribution in [0.25, 0.3) is 0 Å². The number of carbonyl (C=O) groups excluding carboxylic acids is 2. The molecule has 0 unspecified atom stereocenters. The molecule has 1 aromatic carbocycles. The predicted octanol–water partition coefficient (Wildman–Crippen LogP) is 1.58. The second-order valence-corrected chi connectivity index (χ2v) is 6.42. The van der Waals surface area contributed by atoms with E-state index in [2.05, 4.69) is 14.9 Å². The zero-order chi connectivity index (χ0) is 19.9. The number of amides is 2. The maximum Gasteiger partial charge on any atom is 0.242 e. The van der Waals surface area contributed by atoms with Crippen LogP contribution in [0.3, 0.4) is 0 Å². The van der Waals surface area contributed by atoms with Crippen LogP contribution in [-0.4, -0.2) is 66.0 Å². The summed E-state index contributed by atoms with van der Waals surface area (Å²) in [5.74, 6) is 0.983. The summed E-state index contributed by atoms with van der Waals surface area (Å²) in [4.78, 5) is 38.9. The van der Waals surface area contributed by atoms with Crippen LogP contribution in [0.5, 0.6) is 5.75 Å². The Morgan fingerprint density at radius 3 is 2.39 bits per heavy atom. The molecule has 148 valence electrons. The van der Waals surface area contributed by atoms with Crippen molar-refractivity contribution >= 4 is 23.5 Å². The van der Waals surface area contributed by atoms with Crippen molar-refractivity contribution in [3.63, 3.8) is 0 Å². The standard InChI is InChI=1S/C20H25N5O3/c1-3-28-18-8-5-4-7-17(18)25(16(2)26)15-19(27)23-11-13-24(14-12-23)20-21-9-6-10-22-20/h4-10H,3,11-15H2,1-2H3. The molecule has 1 aliphatic heterocycles. The summed E-state index contributed by atoms with van der Waals surface area (Å²) in [5, 5.41) is 0. The Kier molecular flexibility index (Phi) is 6.41. The number of aromatic nitrogens is 2. The van der Waals surface area contributed by atoms with Crippen molar-refractivity contribution < 1.29 is 14.3 Å². The van der Waals surface area contributed by atoms with Gasteiger partial charge in [0.2, 0.25) is 17.8 Å². The van der Waals surface area contributed by atoms with Crippen LogP contribution in [0.4, 0.5) is 11.6 Å². The number of piperazine rings is 1. The highest BCUT2D eigenvalue weighted by Crippen LogP contribution is 2.28. The van der Waals surface area contributed by atoms with Gasteiger partial charge in [-0.1, -0.05) is 12.1 Å². The molecule has 0 radical (unpaired) electrons. The SMILES string of the molecule is CCOc1ccccc1N(CC(=O)N1CCN(c2ncccn2)CC1)C(C)=O. The predicted molar refractivity (Wildman–Crippen MR) is 106 cm³/mol. The fraction of sp³-hybridized carbons (Fsp3) is 0.400. The summed E-state index contributed by atoms with van der Waals surface area (Å²) >= 11 is 0. The Labute approximate surface area is 164 Å². The number of carbonyl (C=O) groups is 2. The van der Waals surface area contributed by atoms with Crippen molar-refractivity contribution in [1.29, 1.82) is 0 Å². The van der Waals surface area contributed by atoms with Crippen LogP contribution in [0, 0.1) is 0 Å². The molecule has 28 heavy (non-hydrogen) atoms. The fourth-order valence-electron chi connectivity index (χ4n) is 3.17. The van der Waals surface area contributed by atoms with E-state index in [9.17, 15) is 9.59 Å². The first kappa shape index (κ1) is 19.6. The third-order valence-electron chi connectivity index (χ3n) is 4.60. The second-order valence-electron chi connectivity index (χ2n) is 6.42. The minimum absolute atomic E-state index is 0.0126. The van der Waals surface area contributed by atoms with Crippen LogP contribution >= 0.6 is 0 Å². The number of rotatable bonds is 6. The molecule has 8 nitrogen and oxygen atoms in total. The average molecular weight is 383 g/mol. The van der Waals surface area contributed by atoms with Gasteiger partial charge >= 0.3 is 0 Å². The summed E-state index contributed by atoms with van der Waals surface area (Å²) in [6.45, 7) is 6.26. The van der Waals surface area contributed by atoms with Crippen LogP contribution in [0.1, 0.15) is 13.8 Å². The molecule has 1 fully saturated rings. The number of anilines is 2. The topological polar surface area (TPSA) is 78.9 Å². The molecule has 2 heterocycles. The lowest BCUT2D eigenvalue weighted by atomic mass is 10.2. The van der Waals surface area contributed by atoms with Crippen LogP contribution in [0.2, 0.25) is 0 Å². The Morgan fingerprint density at radius 1 is 1.07 bits per heavy atom.